The Kier molecular flexibility index (Phi) is 3.42. The molecule has 1 rings (SSSR count). The Balaban J connectivity index is 3.30. The Morgan fingerprint density at radius 3 is 2.53 bits per heavy atom. The summed E-state index contributed by atoms with van der Waals surface area (Å²) in [5, 5.41) is 26.6. The molecule has 1 aromatic carbocycles. The minimum atomic E-state index is -0.985. The molecule has 4 heteroatoms. The molecular weight excluding hydrogens is 194 g/mol. The van der Waals surface area contributed by atoms with E-state index >= 15 is 0 Å². The van der Waals surface area contributed by atoms with Crippen LogP contribution in [0.3, 0.4) is 0 Å². The lowest BCUT2D eigenvalue weighted by Gasteiger charge is -2.07. The van der Waals surface area contributed by atoms with Crippen molar-refractivity contribution in [1.29, 1.82) is 5.26 Å². The van der Waals surface area contributed by atoms with Crippen molar-refractivity contribution in [1.82, 2.24) is 0 Å². The van der Waals surface area contributed by atoms with Gasteiger partial charge in [-0.25, -0.2) is 0 Å². The smallest absolute Gasteiger partial charge is 0.307 e. The summed E-state index contributed by atoms with van der Waals surface area (Å²) < 4.78 is 0. The van der Waals surface area contributed by atoms with Crippen LogP contribution < -0.4 is 0 Å². The van der Waals surface area contributed by atoms with E-state index in [-0.39, 0.29) is 18.6 Å². The maximum Gasteiger partial charge on any atom is 0.307 e. The number of nitrogens with zero attached hydrogens (tertiary/aromatic N) is 1. The number of rotatable bonds is 3. The summed E-state index contributed by atoms with van der Waals surface area (Å²) in [6.45, 7) is 1.54. The Morgan fingerprint density at radius 2 is 2.07 bits per heavy atom. The fourth-order valence-corrected chi connectivity index (χ4v) is 1.51. The zero-order valence-corrected chi connectivity index (χ0v) is 8.32. The molecule has 0 spiro atoms. The minimum Gasteiger partial charge on any atom is -0.481 e. The van der Waals surface area contributed by atoms with E-state index in [0.29, 0.717) is 11.1 Å². The quantitative estimate of drug-likeness (QED) is 0.770. The van der Waals surface area contributed by atoms with Gasteiger partial charge in [0.25, 0.3) is 0 Å². The summed E-state index contributed by atoms with van der Waals surface area (Å²) in [4.78, 5) is 10.6. The second-order valence-corrected chi connectivity index (χ2v) is 3.30. The molecule has 0 atom stereocenters. The Labute approximate surface area is 87.4 Å². The first kappa shape index (κ1) is 11.2. The van der Waals surface area contributed by atoms with Crippen LogP contribution in [0.25, 0.3) is 0 Å². The fourth-order valence-electron chi connectivity index (χ4n) is 1.51. The third kappa shape index (κ3) is 2.55. The van der Waals surface area contributed by atoms with Crippen molar-refractivity contribution in [2.45, 2.75) is 20.0 Å². The molecule has 78 valence electrons. The second-order valence-electron chi connectivity index (χ2n) is 3.30. The SMILES string of the molecule is Cc1cc(CO)c(C#N)c(CC(=O)O)c1. The van der Waals surface area contributed by atoms with Crippen molar-refractivity contribution in [2.24, 2.45) is 0 Å². The van der Waals surface area contributed by atoms with Gasteiger partial charge in [0.1, 0.15) is 0 Å². The molecule has 0 aliphatic rings. The van der Waals surface area contributed by atoms with Crippen LogP contribution in [0.1, 0.15) is 22.3 Å². The number of carbonyl (C=O) groups is 1. The van der Waals surface area contributed by atoms with Crippen molar-refractivity contribution < 1.29 is 15.0 Å². The summed E-state index contributed by atoms with van der Waals surface area (Å²) in [5.74, 6) is -0.985. The zero-order valence-electron chi connectivity index (χ0n) is 8.32. The van der Waals surface area contributed by atoms with E-state index in [2.05, 4.69) is 0 Å². The lowest BCUT2D eigenvalue weighted by Crippen LogP contribution is -2.05. The molecule has 2 N–H and O–H groups in total. The topological polar surface area (TPSA) is 81.3 Å². The first-order valence-electron chi connectivity index (χ1n) is 4.43. The van der Waals surface area contributed by atoms with Crippen LogP contribution in [0.4, 0.5) is 0 Å². The Hall–Kier alpha value is -1.86. The molecule has 15 heavy (non-hydrogen) atoms. The standard InChI is InChI=1S/C11H11NO3/c1-7-2-8(4-11(14)15)10(5-12)9(3-7)6-13/h2-3,13H,4,6H2,1H3,(H,14,15). The molecule has 1 aromatic rings. The molecule has 0 unspecified atom stereocenters. The number of nitriles is 1. The third-order valence-corrected chi connectivity index (χ3v) is 2.07. The van der Waals surface area contributed by atoms with Gasteiger partial charge in [-0.1, -0.05) is 17.7 Å². The maximum atomic E-state index is 10.6. The van der Waals surface area contributed by atoms with Crippen LogP contribution in [0.5, 0.6) is 0 Å². The van der Waals surface area contributed by atoms with Gasteiger partial charge in [0.2, 0.25) is 0 Å². The van der Waals surface area contributed by atoms with Gasteiger partial charge >= 0.3 is 5.97 Å². The summed E-state index contributed by atoms with van der Waals surface area (Å²) in [6.07, 6.45) is -0.197. The zero-order chi connectivity index (χ0) is 11.4. The normalized spacial score (nSPS) is 9.67. The van der Waals surface area contributed by atoms with Crippen LogP contribution in [0.15, 0.2) is 12.1 Å². The van der Waals surface area contributed by atoms with Crippen molar-refractivity contribution in [2.75, 3.05) is 0 Å². The minimum absolute atomic E-state index is 0.197. The van der Waals surface area contributed by atoms with E-state index in [4.69, 9.17) is 15.5 Å². The van der Waals surface area contributed by atoms with Crippen LogP contribution >= 0.6 is 0 Å². The number of benzene rings is 1. The van der Waals surface area contributed by atoms with Gasteiger partial charge in [-0.3, -0.25) is 4.79 Å². The first-order chi connectivity index (χ1) is 7.08. The largest absolute Gasteiger partial charge is 0.481 e. The summed E-state index contributed by atoms with van der Waals surface area (Å²) in [6, 6.07) is 5.27. The molecule has 0 aliphatic carbocycles. The molecule has 0 fully saturated rings. The van der Waals surface area contributed by atoms with Gasteiger partial charge in [-0.05, 0) is 18.1 Å². The number of hydrogen-bond acceptors (Lipinski definition) is 3. The number of aliphatic hydroxyl groups excluding tert-OH is 1. The van der Waals surface area contributed by atoms with E-state index in [1.165, 1.54) is 0 Å². The van der Waals surface area contributed by atoms with Crippen LogP contribution in [-0.4, -0.2) is 16.2 Å². The van der Waals surface area contributed by atoms with E-state index in [1.807, 2.05) is 6.07 Å². The lowest BCUT2D eigenvalue weighted by atomic mass is 9.97. The van der Waals surface area contributed by atoms with Crippen molar-refractivity contribution in [3.8, 4) is 6.07 Å². The van der Waals surface area contributed by atoms with E-state index in [1.54, 1.807) is 19.1 Å². The summed E-state index contributed by atoms with van der Waals surface area (Å²) >= 11 is 0. The predicted molar refractivity (Wildman–Crippen MR) is 53.2 cm³/mol. The van der Waals surface area contributed by atoms with Crippen molar-refractivity contribution >= 4 is 5.97 Å². The first-order valence-corrected chi connectivity index (χ1v) is 4.43. The van der Waals surface area contributed by atoms with Crippen molar-refractivity contribution in [3.05, 3.63) is 34.4 Å². The molecular formula is C11H11NO3. The Morgan fingerprint density at radius 1 is 1.47 bits per heavy atom. The molecule has 0 heterocycles. The fraction of sp³-hybridized carbons (Fsp3) is 0.273. The van der Waals surface area contributed by atoms with E-state index < -0.39 is 5.97 Å². The van der Waals surface area contributed by atoms with Gasteiger partial charge in [-0.15, -0.1) is 0 Å². The van der Waals surface area contributed by atoms with Gasteiger partial charge < -0.3 is 10.2 Å². The molecule has 4 nitrogen and oxygen atoms in total. The van der Waals surface area contributed by atoms with Gasteiger partial charge in [0.05, 0.1) is 24.7 Å². The van der Waals surface area contributed by atoms with Gasteiger partial charge in [0, 0.05) is 0 Å². The van der Waals surface area contributed by atoms with Crippen LogP contribution in [0, 0.1) is 18.3 Å². The summed E-state index contributed by atoms with van der Waals surface area (Å²) in [5.41, 5.74) is 2.04. The summed E-state index contributed by atoms with van der Waals surface area (Å²) in [7, 11) is 0. The highest BCUT2D eigenvalue weighted by Gasteiger charge is 2.11. The van der Waals surface area contributed by atoms with E-state index in [0.717, 1.165) is 5.56 Å². The number of carboxylic acids is 1. The average molecular weight is 205 g/mol. The molecule has 0 saturated heterocycles. The Bertz CT molecular complexity index is 432. The van der Waals surface area contributed by atoms with Crippen LogP contribution in [-0.2, 0) is 17.8 Å². The number of aliphatic carboxylic acids is 1. The predicted octanol–water partition coefficient (Wildman–Crippen LogP) is 0.986. The van der Waals surface area contributed by atoms with E-state index in [9.17, 15) is 4.79 Å². The highest BCUT2D eigenvalue weighted by Crippen LogP contribution is 2.17. The maximum absolute atomic E-state index is 10.6. The average Bonchev–Trinajstić information content (AvgIpc) is 2.15. The molecule has 0 bridgehead atoms. The molecule has 0 amide bonds. The number of hydrogen-bond donors (Lipinski definition) is 2. The molecule has 0 aliphatic heterocycles. The lowest BCUT2D eigenvalue weighted by molar-refractivity contribution is -0.136. The monoisotopic (exact) mass is 205 g/mol. The molecule has 0 saturated carbocycles. The highest BCUT2D eigenvalue weighted by molar-refractivity contribution is 5.72. The number of aryl methyl sites for hydroxylation is 1. The highest BCUT2D eigenvalue weighted by atomic mass is 16.4. The molecule has 0 radical (unpaired) electrons. The second kappa shape index (κ2) is 4.58. The number of carboxylic acid groups (broad SMARTS) is 1. The number of aliphatic hydroxyl groups is 1. The molecule has 0 aromatic heterocycles. The van der Waals surface area contributed by atoms with Gasteiger partial charge in [0.15, 0.2) is 0 Å². The van der Waals surface area contributed by atoms with Crippen LogP contribution in [0.2, 0.25) is 0 Å². The van der Waals surface area contributed by atoms with Gasteiger partial charge in [-0.2, -0.15) is 5.26 Å². The van der Waals surface area contributed by atoms with Crippen molar-refractivity contribution in [3.63, 3.8) is 0 Å². The third-order valence-electron chi connectivity index (χ3n) is 2.07.